The van der Waals surface area contributed by atoms with Crippen LogP contribution in [0.2, 0.25) is 0 Å². The van der Waals surface area contributed by atoms with Crippen molar-refractivity contribution in [3.63, 3.8) is 0 Å². The zero-order valence-electron chi connectivity index (χ0n) is 14.1. The van der Waals surface area contributed by atoms with Gasteiger partial charge in [0.15, 0.2) is 0 Å². The molecule has 0 aliphatic heterocycles. The number of nitrogens with one attached hydrogen (secondary N) is 2. The normalized spacial score (nSPS) is 11.7. The first-order chi connectivity index (χ1) is 12.3. The fourth-order valence-corrected chi connectivity index (χ4v) is 2.31. The third-order valence-corrected chi connectivity index (χ3v) is 3.67. The van der Waals surface area contributed by atoms with Gasteiger partial charge in [0.05, 0.1) is 24.3 Å². The minimum Gasteiger partial charge on any atom is -0.495 e. The van der Waals surface area contributed by atoms with Crippen LogP contribution in [-0.2, 0) is 4.79 Å². The fraction of sp³-hybridized carbons (Fsp3) is 0.235. The van der Waals surface area contributed by atoms with Gasteiger partial charge in [0.2, 0.25) is 5.91 Å². The van der Waals surface area contributed by atoms with E-state index in [2.05, 4.69) is 10.6 Å². The summed E-state index contributed by atoms with van der Waals surface area (Å²) in [5, 5.41) is 16.2. The van der Waals surface area contributed by atoms with E-state index in [1.807, 2.05) is 0 Å². The van der Waals surface area contributed by atoms with Gasteiger partial charge in [0.25, 0.3) is 5.69 Å². The van der Waals surface area contributed by atoms with E-state index in [-0.39, 0.29) is 29.2 Å². The number of carbonyl (C=O) groups is 1. The maximum atomic E-state index is 13.7. The first-order valence-electron chi connectivity index (χ1n) is 7.62. The lowest BCUT2D eigenvalue weighted by atomic mass is 10.1. The van der Waals surface area contributed by atoms with Crippen molar-refractivity contribution in [3.8, 4) is 5.75 Å². The summed E-state index contributed by atoms with van der Waals surface area (Å²) in [4.78, 5) is 22.3. The van der Waals surface area contributed by atoms with Crippen LogP contribution >= 0.6 is 0 Å². The van der Waals surface area contributed by atoms with Crippen LogP contribution in [0.1, 0.15) is 18.5 Å². The number of benzene rings is 2. The highest BCUT2D eigenvalue weighted by Crippen LogP contribution is 2.28. The van der Waals surface area contributed by atoms with Crippen molar-refractivity contribution in [2.75, 3.05) is 19.0 Å². The standard InChI is InChI=1S/C17H17F2N3O4/c1-10(13-5-3-11(18)7-14(13)19)20-9-17(23)21-15-8-12(22(24)25)4-6-16(15)26-2/h3-8,10,20H,9H2,1-2H3,(H,21,23)/t10-/m0/s1. The highest BCUT2D eigenvalue weighted by Gasteiger charge is 2.16. The highest BCUT2D eigenvalue weighted by atomic mass is 19.1. The fourth-order valence-electron chi connectivity index (χ4n) is 2.31. The zero-order valence-corrected chi connectivity index (χ0v) is 14.1. The summed E-state index contributed by atoms with van der Waals surface area (Å²) < 4.78 is 31.7. The number of ether oxygens (including phenoxy) is 1. The Bertz CT molecular complexity index is 830. The molecule has 7 nitrogen and oxygen atoms in total. The van der Waals surface area contributed by atoms with Gasteiger partial charge in [-0.15, -0.1) is 0 Å². The third-order valence-electron chi connectivity index (χ3n) is 3.67. The number of methoxy groups -OCH3 is 1. The number of nitrogens with zero attached hydrogens (tertiary/aromatic N) is 1. The average molecular weight is 365 g/mol. The monoisotopic (exact) mass is 365 g/mol. The van der Waals surface area contributed by atoms with Crippen molar-refractivity contribution in [2.45, 2.75) is 13.0 Å². The van der Waals surface area contributed by atoms with Gasteiger partial charge in [-0.2, -0.15) is 0 Å². The molecule has 138 valence electrons. The van der Waals surface area contributed by atoms with Crippen LogP contribution in [0.25, 0.3) is 0 Å². The lowest BCUT2D eigenvalue weighted by Crippen LogP contribution is -2.30. The molecule has 1 atom stereocenters. The van der Waals surface area contributed by atoms with Gasteiger partial charge < -0.3 is 15.4 Å². The Morgan fingerprint density at radius 2 is 2.00 bits per heavy atom. The molecule has 0 unspecified atom stereocenters. The summed E-state index contributed by atoms with van der Waals surface area (Å²) in [6, 6.07) is 6.45. The molecule has 2 aromatic rings. The molecule has 2 N–H and O–H groups in total. The number of non-ortho nitro benzene ring substituents is 1. The maximum absolute atomic E-state index is 13.7. The quantitative estimate of drug-likeness (QED) is 0.581. The van der Waals surface area contributed by atoms with Crippen molar-refractivity contribution >= 4 is 17.3 Å². The Morgan fingerprint density at radius 3 is 2.62 bits per heavy atom. The first kappa shape index (κ1) is 19.3. The second-order valence-electron chi connectivity index (χ2n) is 5.46. The molecule has 0 aliphatic rings. The predicted octanol–water partition coefficient (Wildman–Crippen LogP) is 3.17. The third kappa shape index (κ3) is 4.73. The summed E-state index contributed by atoms with van der Waals surface area (Å²) in [7, 11) is 1.37. The summed E-state index contributed by atoms with van der Waals surface area (Å²) in [6.45, 7) is 1.43. The minimum atomic E-state index is -0.717. The van der Waals surface area contributed by atoms with Gasteiger partial charge in [-0.3, -0.25) is 14.9 Å². The Hall–Kier alpha value is -3.07. The van der Waals surface area contributed by atoms with E-state index in [0.29, 0.717) is 0 Å². The maximum Gasteiger partial charge on any atom is 0.271 e. The number of rotatable bonds is 7. The number of amides is 1. The number of carbonyl (C=O) groups excluding carboxylic acids is 1. The van der Waals surface area contributed by atoms with Gasteiger partial charge in [-0.25, -0.2) is 8.78 Å². The van der Waals surface area contributed by atoms with E-state index in [0.717, 1.165) is 12.1 Å². The largest absolute Gasteiger partial charge is 0.495 e. The number of halogens is 2. The molecule has 0 saturated heterocycles. The Balaban J connectivity index is 2.02. The molecule has 0 saturated carbocycles. The average Bonchev–Trinajstić information content (AvgIpc) is 2.59. The van der Waals surface area contributed by atoms with Crippen LogP contribution in [0.3, 0.4) is 0 Å². The Morgan fingerprint density at radius 1 is 1.27 bits per heavy atom. The zero-order chi connectivity index (χ0) is 19.3. The number of hydrogen-bond acceptors (Lipinski definition) is 5. The molecule has 0 spiro atoms. The first-order valence-corrected chi connectivity index (χ1v) is 7.62. The van der Waals surface area contributed by atoms with Crippen molar-refractivity contribution in [1.82, 2.24) is 5.32 Å². The summed E-state index contributed by atoms with van der Waals surface area (Å²) >= 11 is 0. The van der Waals surface area contributed by atoms with E-state index in [4.69, 9.17) is 4.74 Å². The number of nitro benzene ring substituents is 1. The van der Waals surface area contributed by atoms with E-state index in [1.54, 1.807) is 6.92 Å². The van der Waals surface area contributed by atoms with Gasteiger partial charge in [-0.1, -0.05) is 6.07 Å². The molecule has 0 fully saturated rings. The molecular formula is C17H17F2N3O4. The van der Waals surface area contributed by atoms with Gasteiger partial charge in [0, 0.05) is 29.8 Å². The Kier molecular flexibility index (Phi) is 6.18. The second-order valence-corrected chi connectivity index (χ2v) is 5.46. The predicted molar refractivity (Wildman–Crippen MR) is 91.1 cm³/mol. The molecule has 1 amide bonds. The number of nitro groups is 1. The highest BCUT2D eigenvalue weighted by molar-refractivity contribution is 5.94. The van der Waals surface area contributed by atoms with Crippen molar-refractivity contribution < 1.29 is 23.2 Å². The van der Waals surface area contributed by atoms with E-state index < -0.39 is 28.5 Å². The molecule has 26 heavy (non-hydrogen) atoms. The second kappa shape index (κ2) is 8.34. The van der Waals surface area contributed by atoms with Gasteiger partial charge in [0.1, 0.15) is 17.4 Å². The molecule has 0 bridgehead atoms. The number of hydrogen-bond donors (Lipinski definition) is 2. The SMILES string of the molecule is COc1ccc([N+](=O)[O-])cc1NC(=O)CN[C@@H](C)c1ccc(F)cc1F. The molecule has 2 aromatic carbocycles. The lowest BCUT2D eigenvalue weighted by molar-refractivity contribution is -0.384. The van der Waals surface area contributed by atoms with E-state index in [1.165, 1.54) is 31.4 Å². The number of anilines is 1. The smallest absolute Gasteiger partial charge is 0.271 e. The Labute approximate surface area is 148 Å². The van der Waals surface area contributed by atoms with Crippen LogP contribution in [-0.4, -0.2) is 24.5 Å². The van der Waals surface area contributed by atoms with Crippen LogP contribution in [0.5, 0.6) is 5.75 Å². The van der Waals surface area contributed by atoms with Gasteiger partial charge in [-0.05, 0) is 19.1 Å². The topological polar surface area (TPSA) is 93.5 Å². The molecule has 2 rings (SSSR count). The van der Waals surface area contributed by atoms with Crippen molar-refractivity contribution in [1.29, 1.82) is 0 Å². The minimum absolute atomic E-state index is 0.147. The van der Waals surface area contributed by atoms with Crippen molar-refractivity contribution in [3.05, 3.63) is 63.7 Å². The molecule has 0 heterocycles. The molecular weight excluding hydrogens is 348 g/mol. The summed E-state index contributed by atoms with van der Waals surface area (Å²) in [6.07, 6.45) is 0. The summed E-state index contributed by atoms with van der Waals surface area (Å²) in [5.74, 6) is -1.64. The van der Waals surface area contributed by atoms with Crippen LogP contribution in [0, 0.1) is 21.7 Å². The molecule has 0 aromatic heterocycles. The van der Waals surface area contributed by atoms with Crippen molar-refractivity contribution in [2.24, 2.45) is 0 Å². The van der Waals surface area contributed by atoms with E-state index >= 15 is 0 Å². The lowest BCUT2D eigenvalue weighted by Gasteiger charge is -2.15. The van der Waals surface area contributed by atoms with Crippen LogP contribution < -0.4 is 15.4 Å². The molecule has 0 aliphatic carbocycles. The van der Waals surface area contributed by atoms with Crippen LogP contribution in [0.15, 0.2) is 36.4 Å². The molecule has 0 radical (unpaired) electrons. The molecule has 9 heteroatoms. The van der Waals surface area contributed by atoms with Gasteiger partial charge >= 0.3 is 0 Å². The summed E-state index contributed by atoms with van der Waals surface area (Å²) in [5.41, 5.74) is 0.164. The van der Waals surface area contributed by atoms with Crippen LogP contribution in [0.4, 0.5) is 20.2 Å². The van der Waals surface area contributed by atoms with E-state index in [9.17, 15) is 23.7 Å².